The van der Waals surface area contributed by atoms with E-state index in [1.807, 2.05) is 30.3 Å². The number of halogens is 1. The molecule has 23 heavy (non-hydrogen) atoms. The third-order valence-electron chi connectivity index (χ3n) is 4.03. The molecule has 1 N–H and O–H groups in total. The quantitative estimate of drug-likeness (QED) is 0.845. The van der Waals surface area contributed by atoms with Crippen LogP contribution in [-0.4, -0.2) is 19.3 Å². The first kappa shape index (κ1) is 16.0. The predicted octanol–water partition coefficient (Wildman–Crippen LogP) is 3.67. The molecule has 0 aromatic heterocycles. The topological polar surface area (TPSA) is 30.5 Å². The number of benzene rings is 2. The van der Waals surface area contributed by atoms with E-state index in [4.69, 9.17) is 9.47 Å². The van der Waals surface area contributed by atoms with Gasteiger partial charge in [-0.2, -0.15) is 0 Å². The maximum absolute atomic E-state index is 13.7. The fourth-order valence-electron chi connectivity index (χ4n) is 2.73. The Hall–Kier alpha value is -1.91. The number of ether oxygens (including phenoxy) is 2. The van der Waals surface area contributed by atoms with Crippen molar-refractivity contribution in [3.8, 4) is 5.75 Å². The van der Waals surface area contributed by atoms with Crippen molar-refractivity contribution in [3.05, 3.63) is 65.5 Å². The molecule has 0 saturated carbocycles. The Labute approximate surface area is 136 Å². The summed E-state index contributed by atoms with van der Waals surface area (Å²) < 4.78 is 25.1. The van der Waals surface area contributed by atoms with Gasteiger partial charge < -0.3 is 14.8 Å². The van der Waals surface area contributed by atoms with E-state index in [2.05, 4.69) is 5.32 Å². The summed E-state index contributed by atoms with van der Waals surface area (Å²) in [5.74, 6) is 0.553. The van der Waals surface area contributed by atoms with Gasteiger partial charge in [0.1, 0.15) is 18.2 Å². The minimum atomic E-state index is -0.235. The Morgan fingerprint density at radius 3 is 2.65 bits per heavy atom. The molecular formula is C19H22FNO2. The molecule has 1 saturated heterocycles. The fraction of sp³-hybridized carbons (Fsp3) is 0.368. The molecule has 1 heterocycles. The zero-order valence-corrected chi connectivity index (χ0v) is 13.1. The van der Waals surface area contributed by atoms with Crippen LogP contribution in [-0.2, 0) is 17.9 Å². The van der Waals surface area contributed by atoms with Crippen LogP contribution in [0.1, 0.15) is 24.0 Å². The zero-order chi connectivity index (χ0) is 15.9. The van der Waals surface area contributed by atoms with E-state index in [0.29, 0.717) is 18.2 Å². The van der Waals surface area contributed by atoms with E-state index in [-0.39, 0.29) is 12.4 Å². The monoisotopic (exact) mass is 315 g/mol. The van der Waals surface area contributed by atoms with Gasteiger partial charge in [0.2, 0.25) is 0 Å². The second kappa shape index (κ2) is 8.09. The highest BCUT2D eigenvalue weighted by Gasteiger charge is 2.14. The summed E-state index contributed by atoms with van der Waals surface area (Å²) in [5, 5.41) is 3.41. The van der Waals surface area contributed by atoms with Crippen molar-refractivity contribution in [3.63, 3.8) is 0 Å². The summed E-state index contributed by atoms with van der Waals surface area (Å²) in [5.41, 5.74) is 1.64. The van der Waals surface area contributed by atoms with Crippen molar-refractivity contribution in [2.24, 2.45) is 0 Å². The first-order valence-electron chi connectivity index (χ1n) is 8.09. The van der Waals surface area contributed by atoms with Gasteiger partial charge in [-0.15, -0.1) is 0 Å². The molecule has 3 nitrogen and oxygen atoms in total. The molecule has 0 aliphatic carbocycles. The Bertz CT molecular complexity index is 626. The van der Waals surface area contributed by atoms with Crippen LogP contribution < -0.4 is 10.1 Å². The van der Waals surface area contributed by atoms with Crippen LogP contribution >= 0.6 is 0 Å². The standard InChI is InChI=1S/C19H22FNO2/c20-18-9-3-1-7-16(18)14-23-19-10-4-2-6-15(19)12-21-13-17-8-5-11-22-17/h1-4,6-7,9-10,17,21H,5,8,11-14H2/t17-/m0/s1. The molecule has 3 rings (SSSR count). The largest absolute Gasteiger partial charge is 0.488 e. The van der Waals surface area contributed by atoms with Gasteiger partial charge in [0.15, 0.2) is 0 Å². The zero-order valence-electron chi connectivity index (χ0n) is 13.1. The molecule has 0 radical (unpaired) electrons. The van der Waals surface area contributed by atoms with Crippen molar-refractivity contribution < 1.29 is 13.9 Å². The van der Waals surface area contributed by atoms with Crippen molar-refractivity contribution in [2.45, 2.75) is 32.1 Å². The van der Waals surface area contributed by atoms with Gasteiger partial charge in [-0.05, 0) is 25.0 Å². The average molecular weight is 315 g/mol. The van der Waals surface area contributed by atoms with E-state index < -0.39 is 0 Å². The SMILES string of the molecule is Fc1ccccc1COc1ccccc1CNC[C@@H]1CCCO1. The van der Waals surface area contributed by atoms with Crippen molar-refractivity contribution in [1.82, 2.24) is 5.32 Å². The molecule has 122 valence electrons. The van der Waals surface area contributed by atoms with Gasteiger partial charge in [-0.25, -0.2) is 4.39 Å². The van der Waals surface area contributed by atoms with Gasteiger partial charge in [0.25, 0.3) is 0 Å². The smallest absolute Gasteiger partial charge is 0.129 e. The second-order valence-electron chi connectivity index (χ2n) is 5.75. The third-order valence-corrected chi connectivity index (χ3v) is 4.03. The van der Waals surface area contributed by atoms with Gasteiger partial charge in [-0.3, -0.25) is 0 Å². The fourth-order valence-corrected chi connectivity index (χ4v) is 2.73. The highest BCUT2D eigenvalue weighted by molar-refractivity contribution is 5.33. The number of rotatable bonds is 7. The molecule has 1 aliphatic rings. The molecule has 0 bridgehead atoms. The summed E-state index contributed by atoms with van der Waals surface area (Å²) >= 11 is 0. The molecule has 4 heteroatoms. The summed E-state index contributed by atoms with van der Waals surface area (Å²) in [6.07, 6.45) is 2.59. The summed E-state index contributed by atoms with van der Waals surface area (Å²) in [7, 11) is 0. The molecule has 0 spiro atoms. The summed E-state index contributed by atoms with van der Waals surface area (Å²) in [6.45, 7) is 2.67. The number of nitrogens with one attached hydrogen (secondary N) is 1. The lowest BCUT2D eigenvalue weighted by atomic mass is 10.2. The first-order valence-corrected chi connectivity index (χ1v) is 8.09. The van der Waals surface area contributed by atoms with Gasteiger partial charge in [0, 0.05) is 30.8 Å². The normalized spacial score (nSPS) is 17.3. The minimum Gasteiger partial charge on any atom is -0.488 e. The van der Waals surface area contributed by atoms with E-state index in [1.165, 1.54) is 6.07 Å². The molecule has 2 aromatic carbocycles. The Balaban J connectivity index is 1.55. The van der Waals surface area contributed by atoms with Crippen LogP contribution in [0.4, 0.5) is 4.39 Å². The first-order chi connectivity index (χ1) is 11.3. The number of hydrogen-bond acceptors (Lipinski definition) is 3. The molecule has 1 atom stereocenters. The summed E-state index contributed by atoms with van der Waals surface area (Å²) in [6, 6.07) is 14.6. The Morgan fingerprint density at radius 1 is 1.09 bits per heavy atom. The Kier molecular flexibility index (Phi) is 5.61. The molecule has 1 aliphatic heterocycles. The molecule has 0 unspecified atom stereocenters. The van der Waals surface area contributed by atoms with Crippen LogP contribution in [0.2, 0.25) is 0 Å². The number of para-hydroxylation sites is 1. The van der Waals surface area contributed by atoms with Crippen LogP contribution in [0.5, 0.6) is 5.75 Å². The predicted molar refractivity (Wildman–Crippen MR) is 87.9 cm³/mol. The molecular weight excluding hydrogens is 293 g/mol. The highest BCUT2D eigenvalue weighted by atomic mass is 19.1. The highest BCUT2D eigenvalue weighted by Crippen LogP contribution is 2.20. The second-order valence-corrected chi connectivity index (χ2v) is 5.75. The molecule has 1 fully saturated rings. The van der Waals surface area contributed by atoms with Gasteiger partial charge in [-0.1, -0.05) is 36.4 Å². The van der Waals surface area contributed by atoms with Gasteiger partial charge in [0.05, 0.1) is 6.10 Å². The minimum absolute atomic E-state index is 0.232. The Morgan fingerprint density at radius 2 is 1.87 bits per heavy atom. The lowest BCUT2D eigenvalue weighted by Crippen LogP contribution is -2.26. The van der Waals surface area contributed by atoms with E-state index >= 15 is 0 Å². The molecule has 0 amide bonds. The van der Waals surface area contributed by atoms with E-state index in [9.17, 15) is 4.39 Å². The third kappa shape index (κ3) is 4.53. The van der Waals surface area contributed by atoms with Crippen molar-refractivity contribution in [1.29, 1.82) is 0 Å². The molecule has 2 aromatic rings. The number of hydrogen-bond donors (Lipinski definition) is 1. The maximum Gasteiger partial charge on any atom is 0.129 e. The van der Waals surface area contributed by atoms with Crippen molar-refractivity contribution >= 4 is 0 Å². The van der Waals surface area contributed by atoms with E-state index in [1.54, 1.807) is 12.1 Å². The van der Waals surface area contributed by atoms with Crippen LogP contribution in [0, 0.1) is 5.82 Å². The van der Waals surface area contributed by atoms with Crippen LogP contribution in [0.25, 0.3) is 0 Å². The van der Waals surface area contributed by atoms with Crippen LogP contribution in [0.15, 0.2) is 48.5 Å². The lowest BCUT2D eigenvalue weighted by Gasteiger charge is -2.14. The van der Waals surface area contributed by atoms with E-state index in [0.717, 1.165) is 37.3 Å². The summed E-state index contributed by atoms with van der Waals surface area (Å²) in [4.78, 5) is 0. The average Bonchev–Trinajstić information content (AvgIpc) is 3.09. The van der Waals surface area contributed by atoms with Crippen LogP contribution in [0.3, 0.4) is 0 Å². The lowest BCUT2D eigenvalue weighted by molar-refractivity contribution is 0.110. The van der Waals surface area contributed by atoms with Crippen molar-refractivity contribution in [2.75, 3.05) is 13.2 Å². The maximum atomic E-state index is 13.7. The van der Waals surface area contributed by atoms with Gasteiger partial charge >= 0.3 is 0 Å².